The second kappa shape index (κ2) is 5.22. The van der Waals surface area contributed by atoms with Gasteiger partial charge in [0.05, 0.1) is 11.7 Å². The summed E-state index contributed by atoms with van der Waals surface area (Å²) in [6, 6.07) is 2.52. The highest BCUT2D eigenvalue weighted by molar-refractivity contribution is 6.31. The van der Waals surface area contributed by atoms with Crippen LogP contribution >= 0.6 is 11.6 Å². The van der Waals surface area contributed by atoms with Gasteiger partial charge in [0.1, 0.15) is 6.10 Å². The Morgan fingerprint density at radius 1 is 1.29 bits per heavy atom. The van der Waals surface area contributed by atoms with Crippen molar-refractivity contribution in [3.05, 3.63) is 34.3 Å². The summed E-state index contributed by atoms with van der Waals surface area (Å²) in [5.74, 6) is 0. The molecule has 0 heterocycles. The minimum atomic E-state index is -4.53. The Kier molecular flexibility index (Phi) is 4.37. The second-order valence-corrected chi connectivity index (χ2v) is 3.89. The number of aliphatic hydroxyl groups is 2. The van der Waals surface area contributed by atoms with Gasteiger partial charge >= 0.3 is 6.18 Å². The lowest BCUT2D eigenvalue weighted by Gasteiger charge is -2.19. The molecule has 0 aliphatic carbocycles. The highest BCUT2D eigenvalue weighted by Crippen LogP contribution is 2.34. The Bertz CT molecular complexity index is 398. The molecule has 0 aliphatic rings. The first-order chi connectivity index (χ1) is 7.77. The molecule has 1 aromatic rings. The maximum atomic E-state index is 12.4. The smallest absolute Gasteiger partial charge is 0.389 e. The molecule has 0 aromatic heterocycles. The van der Waals surface area contributed by atoms with Crippen molar-refractivity contribution in [3.63, 3.8) is 0 Å². The molecule has 0 aliphatic heterocycles. The molecule has 17 heavy (non-hydrogen) atoms. The first-order valence-electron chi connectivity index (χ1n) is 4.70. The third-order valence-corrected chi connectivity index (χ3v) is 2.59. The fourth-order valence-corrected chi connectivity index (χ4v) is 1.51. The van der Waals surface area contributed by atoms with Gasteiger partial charge in [-0.15, -0.1) is 0 Å². The number of nitrogens with two attached hydrogens (primary N) is 1. The quantitative estimate of drug-likeness (QED) is 0.783. The van der Waals surface area contributed by atoms with E-state index in [9.17, 15) is 23.4 Å². The van der Waals surface area contributed by atoms with Crippen LogP contribution in [0.15, 0.2) is 18.2 Å². The van der Waals surface area contributed by atoms with Crippen molar-refractivity contribution in [2.24, 2.45) is 5.73 Å². The zero-order chi connectivity index (χ0) is 13.2. The monoisotopic (exact) mass is 269 g/mol. The van der Waals surface area contributed by atoms with Gasteiger partial charge in [-0.1, -0.05) is 11.6 Å². The molecule has 4 N–H and O–H groups in total. The molecule has 1 aromatic carbocycles. The van der Waals surface area contributed by atoms with E-state index < -0.39 is 23.9 Å². The summed E-state index contributed by atoms with van der Waals surface area (Å²) < 4.78 is 37.3. The minimum Gasteiger partial charge on any atom is -0.389 e. The van der Waals surface area contributed by atoms with Gasteiger partial charge in [-0.2, -0.15) is 13.2 Å². The van der Waals surface area contributed by atoms with Crippen LogP contribution in [-0.4, -0.2) is 22.9 Å². The first kappa shape index (κ1) is 14.2. The average Bonchev–Trinajstić information content (AvgIpc) is 2.26. The van der Waals surface area contributed by atoms with Crippen molar-refractivity contribution >= 4 is 11.6 Å². The first-order valence-corrected chi connectivity index (χ1v) is 5.08. The molecule has 1 rings (SSSR count). The molecule has 0 fully saturated rings. The van der Waals surface area contributed by atoms with Crippen molar-refractivity contribution in [1.29, 1.82) is 0 Å². The summed E-state index contributed by atoms with van der Waals surface area (Å²) in [7, 11) is 0. The molecular weight excluding hydrogens is 259 g/mol. The summed E-state index contributed by atoms with van der Waals surface area (Å²) in [5.41, 5.74) is 3.97. The van der Waals surface area contributed by atoms with Crippen molar-refractivity contribution in [1.82, 2.24) is 0 Å². The lowest BCUT2D eigenvalue weighted by molar-refractivity contribution is -0.137. The summed E-state index contributed by atoms with van der Waals surface area (Å²) in [4.78, 5) is 0. The van der Waals surface area contributed by atoms with Crippen LogP contribution < -0.4 is 5.73 Å². The fraction of sp³-hybridized carbons (Fsp3) is 0.400. The van der Waals surface area contributed by atoms with Gasteiger partial charge in [0.2, 0.25) is 0 Å². The fourth-order valence-electron chi connectivity index (χ4n) is 1.28. The van der Waals surface area contributed by atoms with E-state index in [1.165, 1.54) is 0 Å². The van der Waals surface area contributed by atoms with E-state index in [-0.39, 0.29) is 17.1 Å². The summed E-state index contributed by atoms with van der Waals surface area (Å²) in [6.07, 6.45) is -7.45. The van der Waals surface area contributed by atoms with Crippen molar-refractivity contribution < 1.29 is 23.4 Å². The van der Waals surface area contributed by atoms with Crippen molar-refractivity contribution in [3.8, 4) is 0 Å². The predicted octanol–water partition coefficient (Wildman–Crippen LogP) is 1.71. The second-order valence-electron chi connectivity index (χ2n) is 3.48. The molecule has 7 heteroatoms. The van der Waals surface area contributed by atoms with Crippen molar-refractivity contribution in [2.75, 3.05) is 6.54 Å². The van der Waals surface area contributed by atoms with Gasteiger partial charge in [-0.25, -0.2) is 0 Å². The van der Waals surface area contributed by atoms with Gasteiger partial charge in [0.15, 0.2) is 0 Å². The van der Waals surface area contributed by atoms with Gasteiger partial charge < -0.3 is 15.9 Å². The maximum absolute atomic E-state index is 12.4. The highest BCUT2D eigenvalue weighted by atomic mass is 35.5. The average molecular weight is 270 g/mol. The zero-order valence-corrected chi connectivity index (χ0v) is 9.33. The third kappa shape index (κ3) is 3.32. The van der Waals surface area contributed by atoms with Gasteiger partial charge in [0.25, 0.3) is 0 Å². The number of alkyl halides is 3. The van der Waals surface area contributed by atoms with E-state index in [0.717, 1.165) is 12.1 Å². The van der Waals surface area contributed by atoms with Crippen LogP contribution in [0.25, 0.3) is 0 Å². The van der Waals surface area contributed by atoms with Gasteiger partial charge in [-0.3, -0.25) is 0 Å². The normalized spacial score (nSPS) is 15.7. The Balaban J connectivity index is 3.15. The SMILES string of the molecule is NCC(O)C(O)c1cc(C(F)(F)F)ccc1Cl. The summed E-state index contributed by atoms with van der Waals surface area (Å²) >= 11 is 5.66. The third-order valence-electron chi connectivity index (χ3n) is 2.25. The standard InChI is InChI=1S/C10H11ClF3NO2/c11-7-2-1-5(10(12,13)14)3-6(7)9(17)8(16)4-15/h1-3,8-9,16-17H,4,15H2. The Labute approximate surface area is 101 Å². The Morgan fingerprint density at radius 2 is 1.88 bits per heavy atom. The van der Waals surface area contributed by atoms with E-state index in [0.29, 0.717) is 6.07 Å². The van der Waals surface area contributed by atoms with Gasteiger partial charge in [0, 0.05) is 17.1 Å². The van der Waals surface area contributed by atoms with E-state index >= 15 is 0 Å². The summed E-state index contributed by atoms with van der Waals surface area (Å²) in [5, 5.41) is 18.8. The van der Waals surface area contributed by atoms with Crippen LogP contribution in [0.3, 0.4) is 0 Å². The number of hydrogen-bond donors (Lipinski definition) is 3. The zero-order valence-electron chi connectivity index (χ0n) is 8.58. The lowest BCUT2D eigenvalue weighted by Crippen LogP contribution is -2.27. The molecule has 0 saturated heterocycles. The van der Waals surface area contributed by atoms with Crippen LogP contribution in [-0.2, 0) is 6.18 Å². The van der Waals surface area contributed by atoms with E-state index in [4.69, 9.17) is 17.3 Å². The number of hydrogen-bond acceptors (Lipinski definition) is 3. The highest BCUT2D eigenvalue weighted by Gasteiger charge is 2.32. The Morgan fingerprint density at radius 3 is 2.35 bits per heavy atom. The number of halogens is 4. The maximum Gasteiger partial charge on any atom is 0.416 e. The van der Waals surface area contributed by atoms with Crippen LogP contribution in [0, 0.1) is 0 Å². The van der Waals surface area contributed by atoms with Crippen LogP contribution in [0.5, 0.6) is 0 Å². The lowest BCUT2D eigenvalue weighted by atomic mass is 10.0. The van der Waals surface area contributed by atoms with Crippen LogP contribution in [0.2, 0.25) is 5.02 Å². The minimum absolute atomic E-state index is 0.0574. The Hall–Kier alpha value is -0.820. The van der Waals surface area contributed by atoms with E-state index in [1.54, 1.807) is 0 Å². The number of aliphatic hydroxyl groups excluding tert-OH is 2. The molecule has 2 atom stereocenters. The molecule has 0 radical (unpaired) electrons. The molecule has 0 bridgehead atoms. The van der Waals surface area contributed by atoms with Crippen LogP contribution in [0.1, 0.15) is 17.2 Å². The van der Waals surface area contributed by atoms with Crippen molar-refractivity contribution in [2.45, 2.75) is 18.4 Å². The van der Waals surface area contributed by atoms with E-state index in [2.05, 4.69) is 0 Å². The topological polar surface area (TPSA) is 66.5 Å². The molecule has 96 valence electrons. The largest absolute Gasteiger partial charge is 0.416 e. The van der Waals surface area contributed by atoms with E-state index in [1.807, 2.05) is 0 Å². The number of rotatable bonds is 3. The van der Waals surface area contributed by atoms with Gasteiger partial charge in [-0.05, 0) is 18.2 Å². The molecule has 0 saturated carbocycles. The van der Waals surface area contributed by atoms with Crippen LogP contribution in [0.4, 0.5) is 13.2 Å². The molecule has 3 nitrogen and oxygen atoms in total. The number of benzene rings is 1. The molecule has 0 amide bonds. The molecular formula is C10H11ClF3NO2. The molecule has 0 spiro atoms. The summed E-state index contributed by atoms with van der Waals surface area (Å²) in [6.45, 7) is -0.284. The predicted molar refractivity (Wildman–Crippen MR) is 56.5 cm³/mol. The molecule has 2 unspecified atom stereocenters.